The molecule has 1 unspecified atom stereocenters. The summed E-state index contributed by atoms with van der Waals surface area (Å²) in [5.41, 5.74) is 0.161. The topological polar surface area (TPSA) is 85.0 Å². The Morgan fingerprint density at radius 2 is 2.00 bits per heavy atom. The van der Waals surface area contributed by atoms with Crippen LogP contribution in [0.3, 0.4) is 0 Å². The second kappa shape index (κ2) is 7.75. The van der Waals surface area contributed by atoms with E-state index in [4.69, 9.17) is 4.74 Å². The Morgan fingerprint density at radius 3 is 2.67 bits per heavy atom. The van der Waals surface area contributed by atoms with Crippen LogP contribution in [0.15, 0.2) is 23.2 Å². The smallest absolute Gasteiger partial charge is 0.270 e. The van der Waals surface area contributed by atoms with Crippen LogP contribution in [0.25, 0.3) is 0 Å². The van der Waals surface area contributed by atoms with Gasteiger partial charge in [-0.1, -0.05) is 32.6 Å². The first-order valence-electron chi connectivity index (χ1n) is 8.57. The fraction of sp³-hybridized carbons (Fsp3) is 0.611. The largest absolute Gasteiger partial charge is 0.484 e. The van der Waals surface area contributed by atoms with Crippen molar-refractivity contribution < 1.29 is 14.8 Å². The number of nitro benzene ring substituents is 1. The van der Waals surface area contributed by atoms with Gasteiger partial charge in [-0.15, -0.1) is 0 Å². The first-order chi connectivity index (χ1) is 11.4. The molecule has 0 saturated heterocycles. The van der Waals surface area contributed by atoms with Crippen molar-refractivity contribution in [3.63, 3.8) is 0 Å². The molecule has 24 heavy (non-hydrogen) atoms. The van der Waals surface area contributed by atoms with E-state index in [0.717, 1.165) is 12.8 Å². The number of nitrogens with zero attached hydrogens (tertiary/aromatic N) is 2. The van der Waals surface area contributed by atoms with Crippen molar-refractivity contribution in [2.45, 2.75) is 64.6 Å². The Kier molecular flexibility index (Phi) is 5.94. The fourth-order valence-electron chi connectivity index (χ4n) is 2.82. The molecule has 0 aliphatic carbocycles. The number of benzene rings is 1. The van der Waals surface area contributed by atoms with Gasteiger partial charge in [0.25, 0.3) is 5.69 Å². The zero-order valence-corrected chi connectivity index (χ0v) is 14.6. The Labute approximate surface area is 142 Å². The van der Waals surface area contributed by atoms with Gasteiger partial charge in [0.15, 0.2) is 0 Å². The van der Waals surface area contributed by atoms with Gasteiger partial charge in [-0.3, -0.25) is 15.1 Å². The summed E-state index contributed by atoms with van der Waals surface area (Å²) in [5.74, 6) is 0.528. The molecule has 6 nitrogen and oxygen atoms in total. The van der Waals surface area contributed by atoms with E-state index in [1.54, 1.807) is 19.9 Å². The molecule has 0 radical (unpaired) electrons. The standard InChI is InChI=1S/C18H26N2O4/c1-4-5-6-7-8-11-19-16-14-12-13(20(22)23)9-10-15(14)24-18(2,3)17(16)21/h9-10,12,17,21H,4-8,11H2,1-3H3. The van der Waals surface area contributed by atoms with Crippen LogP contribution < -0.4 is 4.74 Å². The molecule has 0 amide bonds. The van der Waals surface area contributed by atoms with E-state index in [2.05, 4.69) is 11.9 Å². The highest BCUT2D eigenvalue weighted by atomic mass is 16.6. The third kappa shape index (κ3) is 4.12. The Morgan fingerprint density at radius 1 is 1.29 bits per heavy atom. The van der Waals surface area contributed by atoms with Crippen LogP contribution in [0.5, 0.6) is 5.75 Å². The van der Waals surface area contributed by atoms with Crippen molar-refractivity contribution in [3.05, 3.63) is 33.9 Å². The highest BCUT2D eigenvalue weighted by molar-refractivity contribution is 6.08. The summed E-state index contributed by atoms with van der Waals surface area (Å²) in [5, 5.41) is 21.6. The predicted molar refractivity (Wildman–Crippen MR) is 94.0 cm³/mol. The lowest BCUT2D eigenvalue weighted by molar-refractivity contribution is -0.384. The fourth-order valence-corrected chi connectivity index (χ4v) is 2.82. The maximum atomic E-state index is 11.0. The number of aliphatic hydroxyl groups is 1. The number of hydrogen-bond acceptors (Lipinski definition) is 5. The molecule has 6 heteroatoms. The average molecular weight is 334 g/mol. The molecular weight excluding hydrogens is 308 g/mol. The number of ether oxygens (including phenoxy) is 1. The van der Waals surface area contributed by atoms with Crippen LogP contribution in [0.1, 0.15) is 58.4 Å². The number of hydrogen-bond donors (Lipinski definition) is 1. The van der Waals surface area contributed by atoms with Gasteiger partial charge in [-0.2, -0.15) is 0 Å². The molecule has 0 aromatic heterocycles. The lowest BCUT2D eigenvalue weighted by Gasteiger charge is -2.37. The minimum absolute atomic E-state index is 0.0279. The first-order valence-corrected chi connectivity index (χ1v) is 8.57. The SMILES string of the molecule is CCCCCCCN=C1c2cc([N+](=O)[O-])ccc2OC(C)(C)C1O. The summed E-state index contributed by atoms with van der Waals surface area (Å²) in [7, 11) is 0. The number of non-ortho nitro benzene ring substituents is 1. The van der Waals surface area contributed by atoms with Crippen LogP contribution in [0.2, 0.25) is 0 Å². The molecule has 1 atom stereocenters. The molecule has 0 saturated carbocycles. The number of rotatable bonds is 7. The molecule has 1 aliphatic heterocycles. The molecule has 1 heterocycles. The van der Waals surface area contributed by atoms with Crippen molar-refractivity contribution in [2.24, 2.45) is 4.99 Å². The maximum Gasteiger partial charge on any atom is 0.270 e. The molecule has 1 aromatic carbocycles. The Bertz CT molecular complexity index is 625. The second-order valence-electron chi connectivity index (χ2n) is 6.73. The lowest BCUT2D eigenvalue weighted by Crippen LogP contribution is -2.50. The van der Waals surface area contributed by atoms with Crippen LogP contribution in [0.4, 0.5) is 5.69 Å². The summed E-state index contributed by atoms with van der Waals surface area (Å²) in [6.45, 7) is 6.36. The molecule has 2 rings (SSSR count). The molecule has 0 spiro atoms. The summed E-state index contributed by atoms with van der Waals surface area (Å²) >= 11 is 0. The highest BCUT2D eigenvalue weighted by Crippen LogP contribution is 2.35. The second-order valence-corrected chi connectivity index (χ2v) is 6.73. The van der Waals surface area contributed by atoms with E-state index in [0.29, 0.717) is 23.6 Å². The summed E-state index contributed by atoms with van der Waals surface area (Å²) in [4.78, 5) is 15.1. The molecule has 1 aliphatic rings. The van der Waals surface area contributed by atoms with E-state index < -0.39 is 16.6 Å². The van der Waals surface area contributed by atoms with E-state index in [-0.39, 0.29) is 5.69 Å². The lowest BCUT2D eigenvalue weighted by atomic mass is 9.89. The average Bonchev–Trinajstić information content (AvgIpc) is 2.53. The number of unbranched alkanes of at least 4 members (excludes halogenated alkanes) is 4. The van der Waals surface area contributed by atoms with Gasteiger partial charge in [0.2, 0.25) is 0 Å². The molecular formula is C18H26N2O4. The van der Waals surface area contributed by atoms with Crippen molar-refractivity contribution in [3.8, 4) is 5.75 Å². The van der Waals surface area contributed by atoms with Crippen LogP contribution in [-0.2, 0) is 0 Å². The van der Waals surface area contributed by atoms with E-state index in [9.17, 15) is 15.2 Å². The predicted octanol–water partition coefficient (Wildman–Crippen LogP) is 3.89. The minimum Gasteiger partial charge on any atom is -0.484 e. The number of aliphatic imine (C=N–C) groups is 1. The Balaban J connectivity index is 2.24. The zero-order valence-electron chi connectivity index (χ0n) is 14.6. The van der Waals surface area contributed by atoms with Gasteiger partial charge in [0, 0.05) is 24.2 Å². The summed E-state index contributed by atoms with van der Waals surface area (Å²) in [6, 6.07) is 4.43. The van der Waals surface area contributed by atoms with Crippen molar-refractivity contribution in [1.82, 2.24) is 0 Å². The van der Waals surface area contributed by atoms with Crippen molar-refractivity contribution in [1.29, 1.82) is 0 Å². The van der Waals surface area contributed by atoms with E-state index in [1.807, 2.05) is 0 Å². The molecule has 132 valence electrons. The van der Waals surface area contributed by atoms with Gasteiger partial charge in [-0.25, -0.2) is 0 Å². The van der Waals surface area contributed by atoms with Crippen molar-refractivity contribution >= 4 is 11.4 Å². The molecule has 1 aromatic rings. The minimum atomic E-state index is -0.914. The normalized spacial score (nSPS) is 20.5. The van der Waals surface area contributed by atoms with Crippen LogP contribution in [-0.4, -0.2) is 34.0 Å². The van der Waals surface area contributed by atoms with Gasteiger partial charge in [-0.05, 0) is 26.3 Å². The van der Waals surface area contributed by atoms with Gasteiger partial charge >= 0.3 is 0 Å². The summed E-state index contributed by atoms with van der Waals surface area (Å²) in [6.07, 6.45) is 4.72. The Hall–Kier alpha value is -1.95. The number of fused-ring (bicyclic) bond motifs is 1. The number of nitro groups is 1. The van der Waals surface area contributed by atoms with E-state index >= 15 is 0 Å². The zero-order chi connectivity index (χ0) is 17.7. The third-order valence-corrected chi connectivity index (χ3v) is 4.28. The van der Waals surface area contributed by atoms with Crippen LogP contribution in [0, 0.1) is 10.1 Å². The monoisotopic (exact) mass is 334 g/mol. The maximum absolute atomic E-state index is 11.0. The third-order valence-electron chi connectivity index (χ3n) is 4.28. The molecule has 0 fully saturated rings. The van der Waals surface area contributed by atoms with E-state index in [1.165, 1.54) is 31.4 Å². The van der Waals surface area contributed by atoms with Crippen LogP contribution >= 0.6 is 0 Å². The molecule has 0 bridgehead atoms. The number of aliphatic hydroxyl groups excluding tert-OH is 1. The molecule has 1 N–H and O–H groups in total. The first kappa shape index (κ1) is 18.4. The van der Waals surface area contributed by atoms with Gasteiger partial charge in [0.05, 0.1) is 10.6 Å². The van der Waals surface area contributed by atoms with Crippen molar-refractivity contribution in [2.75, 3.05) is 6.54 Å². The quantitative estimate of drug-likeness (QED) is 0.466. The summed E-state index contributed by atoms with van der Waals surface area (Å²) < 4.78 is 5.80. The van der Waals surface area contributed by atoms with Gasteiger partial charge < -0.3 is 9.84 Å². The van der Waals surface area contributed by atoms with Gasteiger partial charge in [0.1, 0.15) is 17.5 Å². The highest BCUT2D eigenvalue weighted by Gasteiger charge is 2.40.